The van der Waals surface area contributed by atoms with Crippen LogP contribution in [0.1, 0.15) is 37.8 Å². The highest BCUT2D eigenvalue weighted by atomic mass is 32.2. The zero-order valence-electron chi connectivity index (χ0n) is 9.59. The molecule has 2 saturated heterocycles. The molecule has 2 bridgehead atoms. The summed E-state index contributed by atoms with van der Waals surface area (Å²) >= 11 is 2.09. The van der Waals surface area contributed by atoms with Crippen LogP contribution in [-0.4, -0.2) is 25.2 Å². The van der Waals surface area contributed by atoms with Crippen LogP contribution in [0.4, 0.5) is 0 Å². The molecule has 2 fully saturated rings. The van der Waals surface area contributed by atoms with Gasteiger partial charge >= 0.3 is 0 Å². The van der Waals surface area contributed by atoms with E-state index < -0.39 is 5.60 Å². The Bertz CT molecular complexity index is 378. The van der Waals surface area contributed by atoms with Gasteiger partial charge in [0, 0.05) is 17.5 Å². The monoisotopic (exact) mass is 238 g/mol. The van der Waals surface area contributed by atoms with Gasteiger partial charge in [-0.05, 0) is 25.7 Å². The van der Waals surface area contributed by atoms with E-state index in [1.165, 1.54) is 19.3 Å². The van der Waals surface area contributed by atoms with E-state index >= 15 is 0 Å². The van der Waals surface area contributed by atoms with Gasteiger partial charge in [0.05, 0.1) is 18.2 Å². The average Bonchev–Trinajstić information content (AvgIpc) is 2.64. The summed E-state index contributed by atoms with van der Waals surface area (Å²) in [5.41, 5.74) is 0.358. The van der Waals surface area contributed by atoms with Gasteiger partial charge in [0.1, 0.15) is 5.60 Å². The summed E-state index contributed by atoms with van der Waals surface area (Å²) in [5.74, 6) is 0. The van der Waals surface area contributed by atoms with Crippen LogP contribution in [0.2, 0.25) is 0 Å². The normalized spacial score (nSPS) is 38.6. The Balaban J connectivity index is 1.91. The summed E-state index contributed by atoms with van der Waals surface area (Å²) in [4.78, 5) is 4.13. The number of nitrogens with zero attached hydrogens (tertiary/aromatic N) is 2. The van der Waals surface area contributed by atoms with E-state index in [2.05, 4.69) is 16.7 Å². The minimum absolute atomic E-state index is 0.633. The first kappa shape index (κ1) is 10.7. The molecule has 16 heavy (non-hydrogen) atoms. The fraction of sp³-hybridized carbons (Fsp3) is 0.750. The third-order valence-corrected chi connectivity index (χ3v) is 5.44. The van der Waals surface area contributed by atoms with Gasteiger partial charge in [-0.1, -0.05) is 6.42 Å². The van der Waals surface area contributed by atoms with Crippen molar-refractivity contribution in [3.8, 4) is 0 Å². The van der Waals surface area contributed by atoms with Crippen LogP contribution in [0.5, 0.6) is 0 Å². The van der Waals surface area contributed by atoms with Crippen LogP contribution in [0.3, 0.4) is 0 Å². The molecular weight excluding hydrogens is 220 g/mol. The molecule has 0 aromatic carbocycles. The second kappa shape index (κ2) is 3.77. The van der Waals surface area contributed by atoms with Crippen molar-refractivity contribution in [3.63, 3.8) is 0 Å². The average molecular weight is 238 g/mol. The Morgan fingerprint density at radius 3 is 2.69 bits per heavy atom. The summed E-state index contributed by atoms with van der Waals surface area (Å²) in [6.07, 6.45) is 9.27. The lowest BCUT2D eigenvalue weighted by Crippen LogP contribution is -2.41. The molecule has 2 aliphatic rings. The molecule has 3 rings (SSSR count). The van der Waals surface area contributed by atoms with Crippen LogP contribution in [0.25, 0.3) is 0 Å². The first-order valence-electron chi connectivity index (χ1n) is 6.02. The van der Waals surface area contributed by atoms with Crippen LogP contribution in [-0.2, 0) is 12.6 Å². The first-order chi connectivity index (χ1) is 7.67. The second-order valence-electron chi connectivity index (χ2n) is 5.14. The minimum Gasteiger partial charge on any atom is -0.383 e. The Labute approximate surface area is 100 Å². The lowest BCUT2D eigenvalue weighted by molar-refractivity contribution is 0.00153. The predicted molar refractivity (Wildman–Crippen MR) is 65.4 cm³/mol. The van der Waals surface area contributed by atoms with Crippen molar-refractivity contribution < 1.29 is 5.11 Å². The van der Waals surface area contributed by atoms with Crippen LogP contribution in [0.15, 0.2) is 12.5 Å². The number of aromatic nitrogens is 2. The molecule has 3 heterocycles. The lowest BCUT2D eigenvalue weighted by atomic mass is 9.83. The van der Waals surface area contributed by atoms with Crippen LogP contribution < -0.4 is 0 Å². The standard InChI is InChI=1S/C12H18N2OS/c1-14-8-13-7-11(14)12(15)5-9-3-2-4-10(6-12)16-9/h7-10,15H,2-6H2,1H3. The molecule has 1 aromatic rings. The van der Waals surface area contributed by atoms with Crippen LogP contribution >= 0.6 is 11.8 Å². The largest absolute Gasteiger partial charge is 0.383 e. The van der Waals surface area contributed by atoms with Gasteiger partial charge in [-0.3, -0.25) is 0 Å². The van der Waals surface area contributed by atoms with Gasteiger partial charge in [0.15, 0.2) is 0 Å². The molecule has 2 atom stereocenters. The van der Waals surface area contributed by atoms with Gasteiger partial charge in [-0.2, -0.15) is 11.8 Å². The minimum atomic E-state index is -0.633. The molecule has 0 saturated carbocycles. The zero-order valence-corrected chi connectivity index (χ0v) is 10.4. The maximum atomic E-state index is 10.8. The maximum Gasteiger partial charge on any atom is 0.108 e. The summed E-state index contributed by atoms with van der Waals surface area (Å²) in [6, 6.07) is 0. The maximum absolute atomic E-state index is 10.8. The van der Waals surface area contributed by atoms with Gasteiger partial charge in [0.25, 0.3) is 0 Å². The molecule has 88 valence electrons. The van der Waals surface area contributed by atoms with Crippen molar-refractivity contribution in [2.24, 2.45) is 7.05 Å². The SMILES string of the molecule is Cn1cncc1C1(O)CC2CCCC(C1)S2. The smallest absolute Gasteiger partial charge is 0.108 e. The Kier molecular flexibility index (Phi) is 2.51. The molecule has 3 nitrogen and oxygen atoms in total. The number of thioether (sulfide) groups is 1. The van der Waals surface area contributed by atoms with E-state index in [1.807, 2.05) is 17.8 Å². The number of aliphatic hydroxyl groups is 1. The summed E-state index contributed by atoms with van der Waals surface area (Å²) in [7, 11) is 1.97. The van der Waals surface area contributed by atoms with Crippen molar-refractivity contribution in [1.29, 1.82) is 0 Å². The van der Waals surface area contributed by atoms with Gasteiger partial charge in [-0.15, -0.1) is 0 Å². The molecule has 0 radical (unpaired) electrons. The van der Waals surface area contributed by atoms with Gasteiger partial charge < -0.3 is 9.67 Å². The molecule has 1 N–H and O–H groups in total. The van der Waals surface area contributed by atoms with Crippen molar-refractivity contribution in [3.05, 3.63) is 18.2 Å². The highest BCUT2D eigenvalue weighted by Gasteiger charge is 2.43. The Morgan fingerprint density at radius 1 is 1.44 bits per heavy atom. The summed E-state index contributed by atoms with van der Waals surface area (Å²) in [6.45, 7) is 0. The molecule has 0 aliphatic carbocycles. The van der Waals surface area contributed by atoms with Gasteiger partial charge in [-0.25, -0.2) is 4.98 Å². The third-order valence-electron chi connectivity index (χ3n) is 3.86. The molecule has 4 heteroatoms. The Morgan fingerprint density at radius 2 is 2.12 bits per heavy atom. The molecule has 0 amide bonds. The fourth-order valence-electron chi connectivity index (χ4n) is 3.13. The zero-order chi connectivity index (χ0) is 11.2. The highest BCUT2D eigenvalue weighted by Crippen LogP contribution is 2.49. The quantitative estimate of drug-likeness (QED) is 0.814. The van der Waals surface area contributed by atoms with Crippen molar-refractivity contribution in [1.82, 2.24) is 9.55 Å². The lowest BCUT2D eigenvalue weighted by Gasteiger charge is -2.43. The number of hydrogen-bond acceptors (Lipinski definition) is 3. The summed E-state index contributed by atoms with van der Waals surface area (Å²) in [5, 5.41) is 12.1. The molecule has 2 unspecified atom stereocenters. The van der Waals surface area contributed by atoms with E-state index in [0.717, 1.165) is 18.5 Å². The molecule has 1 aromatic heterocycles. The highest BCUT2D eigenvalue weighted by molar-refractivity contribution is 8.00. The summed E-state index contributed by atoms with van der Waals surface area (Å²) < 4.78 is 1.96. The number of hydrogen-bond donors (Lipinski definition) is 1. The van der Waals surface area contributed by atoms with E-state index in [9.17, 15) is 5.11 Å². The van der Waals surface area contributed by atoms with Crippen molar-refractivity contribution in [2.75, 3.05) is 0 Å². The van der Waals surface area contributed by atoms with E-state index in [1.54, 1.807) is 6.33 Å². The van der Waals surface area contributed by atoms with Gasteiger partial charge in [0.2, 0.25) is 0 Å². The topological polar surface area (TPSA) is 38.0 Å². The van der Waals surface area contributed by atoms with Crippen LogP contribution in [0, 0.1) is 0 Å². The molecule has 0 spiro atoms. The molecule has 2 aliphatic heterocycles. The molecular formula is C12H18N2OS. The Hall–Kier alpha value is -0.480. The number of imidazole rings is 1. The number of fused-ring (bicyclic) bond motifs is 2. The van der Waals surface area contributed by atoms with E-state index in [-0.39, 0.29) is 0 Å². The predicted octanol–water partition coefficient (Wildman–Crippen LogP) is 2.06. The van der Waals surface area contributed by atoms with E-state index in [0.29, 0.717) is 10.5 Å². The fourth-order valence-corrected chi connectivity index (χ4v) is 5.03. The third kappa shape index (κ3) is 1.68. The number of rotatable bonds is 1. The second-order valence-corrected chi connectivity index (χ2v) is 6.75. The van der Waals surface area contributed by atoms with Crippen molar-refractivity contribution in [2.45, 2.75) is 48.2 Å². The number of aryl methyl sites for hydroxylation is 1. The van der Waals surface area contributed by atoms with Crippen molar-refractivity contribution >= 4 is 11.8 Å². The first-order valence-corrected chi connectivity index (χ1v) is 6.96. The van der Waals surface area contributed by atoms with E-state index in [4.69, 9.17) is 0 Å².